The minimum absolute atomic E-state index is 0.00129. The highest BCUT2D eigenvalue weighted by molar-refractivity contribution is 7.80. The lowest BCUT2D eigenvalue weighted by Gasteiger charge is -2.05. The first-order valence-electron chi connectivity index (χ1n) is 4.41. The van der Waals surface area contributed by atoms with Crippen molar-refractivity contribution < 1.29 is 13.9 Å². The van der Waals surface area contributed by atoms with Crippen LogP contribution in [0.5, 0.6) is 0 Å². The molecule has 0 aliphatic carbocycles. The van der Waals surface area contributed by atoms with E-state index in [0.29, 0.717) is 18.0 Å². The second-order valence-electron chi connectivity index (χ2n) is 2.91. The third-order valence-electron chi connectivity index (χ3n) is 1.79. The van der Waals surface area contributed by atoms with Gasteiger partial charge in [0, 0.05) is 18.6 Å². The van der Waals surface area contributed by atoms with E-state index in [1.165, 1.54) is 25.3 Å². The number of hydrogen-bond donors (Lipinski definition) is 2. The summed E-state index contributed by atoms with van der Waals surface area (Å²) in [6.07, 6.45) is 0. The lowest BCUT2D eigenvalue weighted by Crippen LogP contribution is -2.27. The van der Waals surface area contributed by atoms with E-state index in [4.69, 9.17) is 4.74 Å². The van der Waals surface area contributed by atoms with Gasteiger partial charge < -0.3 is 10.1 Å². The molecule has 0 heterocycles. The van der Waals surface area contributed by atoms with Gasteiger partial charge in [-0.3, -0.25) is 4.79 Å². The topological polar surface area (TPSA) is 38.3 Å². The van der Waals surface area contributed by atoms with Crippen LogP contribution in [0.2, 0.25) is 0 Å². The molecule has 0 aliphatic rings. The molecule has 1 aromatic rings. The van der Waals surface area contributed by atoms with E-state index in [1.54, 1.807) is 0 Å². The zero-order chi connectivity index (χ0) is 11.3. The number of amides is 1. The normalized spacial score (nSPS) is 10.1. The minimum Gasteiger partial charge on any atom is -0.383 e. The average Bonchev–Trinajstić information content (AvgIpc) is 2.22. The van der Waals surface area contributed by atoms with Crippen LogP contribution < -0.4 is 5.32 Å². The summed E-state index contributed by atoms with van der Waals surface area (Å²) in [4.78, 5) is 12.0. The number of methoxy groups -OCH3 is 1. The molecule has 0 atom stereocenters. The van der Waals surface area contributed by atoms with Crippen molar-refractivity contribution in [1.82, 2.24) is 5.32 Å². The van der Waals surface area contributed by atoms with Crippen LogP contribution in [-0.2, 0) is 4.74 Å². The van der Waals surface area contributed by atoms with Gasteiger partial charge in [-0.2, -0.15) is 0 Å². The van der Waals surface area contributed by atoms with Crippen molar-refractivity contribution in [2.45, 2.75) is 4.90 Å². The Labute approximate surface area is 93.0 Å². The first-order chi connectivity index (χ1) is 7.15. The van der Waals surface area contributed by atoms with E-state index in [9.17, 15) is 9.18 Å². The molecule has 0 spiro atoms. The van der Waals surface area contributed by atoms with Gasteiger partial charge in [0.05, 0.1) is 12.2 Å². The summed E-state index contributed by atoms with van der Waals surface area (Å²) in [5.74, 6) is -1.01. The number of carbonyl (C=O) groups excluding carboxylic acids is 1. The summed E-state index contributed by atoms with van der Waals surface area (Å²) < 4.78 is 18.0. The van der Waals surface area contributed by atoms with Gasteiger partial charge >= 0.3 is 0 Å². The van der Waals surface area contributed by atoms with Crippen LogP contribution in [-0.4, -0.2) is 26.2 Å². The third kappa shape index (κ3) is 3.53. The number of thiol groups is 1. The van der Waals surface area contributed by atoms with Crippen molar-refractivity contribution in [3.05, 3.63) is 29.6 Å². The summed E-state index contributed by atoms with van der Waals surface area (Å²) >= 11 is 4.03. The summed E-state index contributed by atoms with van der Waals surface area (Å²) in [5.41, 5.74) is -0.00129. The maximum Gasteiger partial charge on any atom is 0.254 e. The number of ether oxygens (including phenoxy) is 1. The van der Waals surface area contributed by atoms with Crippen LogP contribution in [0.1, 0.15) is 10.4 Å². The maximum atomic E-state index is 13.2. The van der Waals surface area contributed by atoms with Crippen molar-refractivity contribution in [3.63, 3.8) is 0 Å². The molecule has 0 saturated carbocycles. The highest BCUT2D eigenvalue weighted by Crippen LogP contribution is 2.13. The van der Waals surface area contributed by atoms with E-state index < -0.39 is 11.7 Å². The SMILES string of the molecule is COCCNC(=O)c1cc(S)ccc1F. The Kier molecular flexibility index (Phi) is 4.58. The predicted octanol–water partition coefficient (Wildman–Crippen LogP) is 1.49. The zero-order valence-electron chi connectivity index (χ0n) is 8.29. The molecule has 1 amide bonds. The molecule has 0 fully saturated rings. The minimum atomic E-state index is -0.553. The maximum absolute atomic E-state index is 13.2. The molecule has 1 N–H and O–H groups in total. The largest absolute Gasteiger partial charge is 0.383 e. The van der Waals surface area contributed by atoms with Gasteiger partial charge in [0.15, 0.2) is 0 Å². The number of nitrogens with one attached hydrogen (secondary N) is 1. The van der Waals surface area contributed by atoms with Crippen molar-refractivity contribution in [3.8, 4) is 0 Å². The van der Waals surface area contributed by atoms with Crippen molar-refractivity contribution in [2.24, 2.45) is 0 Å². The second kappa shape index (κ2) is 5.72. The molecular formula is C10H12FNO2S. The van der Waals surface area contributed by atoms with E-state index in [2.05, 4.69) is 17.9 Å². The standard InChI is InChI=1S/C10H12FNO2S/c1-14-5-4-12-10(13)8-6-7(15)2-3-9(8)11/h2-3,6,15H,4-5H2,1H3,(H,12,13). The highest BCUT2D eigenvalue weighted by atomic mass is 32.1. The van der Waals surface area contributed by atoms with Gasteiger partial charge in [-0.25, -0.2) is 4.39 Å². The van der Waals surface area contributed by atoms with E-state index in [1.807, 2.05) is 0 Å². The Hall–Kier alpha value is -1.07. The smallest absolute Gasteiger partial charge is 0.254 e. The van der Waals surface area contributed by atoms with Crippen LogP contribution in [0.15, 0.2) is 23.1 Å². The molecule has 5 heteroatoms. The van der Waals surface area contributed by atoms with Crippen LogP contribution in [0.4, 0.5) is 4.39 Å². The predicted molar refractivity (Wildman–Crippen MR) is 57.9 cm³/mol. The summed E-state index contributed by atoms with van der Waals surface area (Å²) in [6.45, 7) is 0.750. The Morgan fingerprint density at radius 1 is 1.60 bits per heavy atom. The lowest BCUT2D eigenvalue weighted by atomic mass is 10.2. The third-order valence-corrected chi connectivity index (χ3v) is 2.06. The van der Waals surface area contributed by atoms with Gasteiger partial charge in [-0.1, -0.05) is 0 Å². The Balaban J connectivity index is 2.68. The fraction of sp³-hybridized carbons (Fsp3) is 0.300. The molecule has 0 aromatic heterocycles. The fourth-order valence-corrected chi connectivity index (χ4v) is 1.25. The molecule has 1 aromatic carbocycles. The van der Waals surface area contributed by atoms with E-state index in [0.717, 1.165) is 0 Å². The van der Waals surface area contributed by atoms with Crippen LogP contribution in [0, 0.1) is 5.82 Å². The number of halogens is 1. The lowest BCUT2D eigenvalue weighted by molar-refractivity contribution is 0.0933. The molecular weight excluding hydrogens is 217 g/mol. The highest BCUT2D eigenvalue weighted by Gasteiger charge is 2.10. The van der Waals surface area contributed by atoms with Gasteiger partial charge in [0.2, 0.25) is 0 Å². The molecule has 3 nitrogen and oxygen atoms in total. The van der Waals surface area contributed by atoms with Crippen molar-refractivity contribution in [1.29, 1.82) is 0 Å². The Bertz CT molecular complexity index is 357. The molecule has 0 radical (unpaired) electrons. The Morgan fingerprint density at radius 3 is 3.00 bits per heavy atom. The Morgan fingerprint density at radius 2 is 2.33 bits per heavy atom. The molecule has 0 aliphatic heterocycles. The first-order valence-corrected chi connectivity index (χ1v) is 4.85. The monoisotopic (exact) mass is 229 g/mol. The van der Waals surface area contributed by atoms with Crippen molar-refractivity contribution >= 4 is 18.5 Å². The molecule has 0 saturated heterocycles. The van der Waals surface area contributed by atoms with E-state index in [-0.39, 0.29) is 5.56 Å². The average molecular weight is 229 g/mol. The second-order valence-corrected chi connectivity index (χ2v) is 3.43. The first kappa shape index (κ1) is 12.0. The summed E-state index contributed by atoms with van der Waals surface area (Å²) in [5, 5.41) is 2.53. The molecule has 0 bridgehead atoms. The quantitative estimate of drug-likeness (QED) is 0.606. The molecule has 1 rings (SSSR count). The summed E-state index contributed by atoms with van der Waals surface area (Å²) in [6, 6.07) is 4.10. The van der Waals surface area contributed by atoms with Crippen LogP contribution in [0.25, 0.3) is 0 Å². The number of rotatable bonds is 4. The summed E-state index contributed by atoms with van der Waals surface area (Å²) in [7, 11) is 1.53. The molecule has 15 heavy (non-hydrogen) atoms. The number of carbonyl (C=O) groups is 1. The number of hydrogen-bond acceptors (Lipinski definition) is 3. The van der Waals surface area contributed by atoms with Crippen molar-refractivity contribution in [2.75, 3.05) is 20.3 Å². The zero-order valence-corrected chi connectivity index (χ0v) is 9.18. The van der Waals surface area contributed by atoms with Crippen LogP contribution in [0.3, 0.4) is 0 Å². The molecule has 0 unspecified atom stereocenters. The van der Waals surface area contributed by atoms with Crippen LogP contribution >= 0.6 is 12.6 Å². The van der Waals surface area contributed by atoms with E-state index >= 15 is 0 Å². The van der Waals surface area contributed by atoms with Gasteiger partial charge in [-0.15, -0.1) is 12.6 Å². The van der Waals surface area contributed by atoms with Gasteiger partial charge in [-0.05, 0) is 18.2 Å². The van der Waals surface area contributed by atoms with Gasteiger partial charge in [0.1, 0.15) is 5.82 Å². The molecule has 82 valence electrons. The fourth-order valence-electron chi connectivity index (χ4n) is 1.05. The van der Waals surface area contributed by atoms with Gasteiger partial charge in [0.25, 0.3) is 5.91 Å². The number of benzene rings is 1.